The maximum Gasteiger partial charge on any atom is 0.408 e. The minimum absolute atomic E-state index is 0.0383. The van der Waals surface area contributed by atoms with Crippen molar-refractivity contribution in [3.05, 3.63) is 35.9 Å². The van der Waals surface area contributed by atoms with Gasteiger partial charge < -0.3 is 31.5 Å². The molecular formula is C19H29N5O5. The SMILES string of the molecule is CC(C)[C@H](NC(=O)[C@H](CCCNC(=N)N)NC(=O)OCc1ccccc1)C(=O)O. The summed E-state index contributed by atoms with van der Waals surface area (Å²) in [5, 5.41) is 23.9. The molecule has 0 heterocycles. The number of guanidine groups is 1. The van der Waals surface area contributed by atoms with E-state index in [4.69, 9.17) is 15.9 Å². The van der Waals surface area contributed by atoms with Crippen molar-refractivity contribution in [3.63, 3.8) is 0 Å². The summed E-state index contributed by atoms with van der Waals surface area (Å²) < 4.78 is 5.14. The Hall–Kier alpha value is -3.30. The van der Waals surface area contributed by atoms with Crippen LogP contribution in [0.15, 0.2) is 30.3 Å². The van der Waals surface area contributed by atoms with Crippen molar-refractivity contribution < 1.29 is 24.2 Å². The van der Waals surface area contributed by atoms with Gasteiger partial charge in [0.1, 0.15) is 18.7 Å². The number of ether oxygens (including phenoxy) is 1. The predicted octanol–water partition coefficient (Wildman–Crippen LogP) is 0.770. The van der Waals surface area contributed by atoms with Crippen LogP contribution in [0.2, 0.25) is 0 Å². The maximum atomic E-state index is 12.6. The van der Waals surface area contributed by atoms with E-state index in [1.165, 1.54) is 0 Å². The standard InChI is InChI=1S/C19H29N5O5/c1-12(2)15(17(26)27)24-16(25)14(9-6-10-22-18(20)21)23-19(28)29-11-13-7-4-3-5-8-13/h3-5,7-8,12,14-15H,6,9-11H2,1-2H3,(H,23,28)(H,24,25)(H,26,27)(H4,20,21,22)/t14-,15-/m0/s1. The summed E-state index contributed by atoms with van der Waals surface area (Å²) in [5.74, 6) is -2.31. The van der Waals surface area contributed by atoms with Gasteiger partial charge in [0.2, 0.25) is 5.91 Å². The Bertz CT molecular complexity index is 695. The van der Waals surface area contributed by atoms with Crippen molar-refractivity contribution in [2.75, 3.05) is 6.54 Å². The lowest BCUT2D eigenvalue weighted by atomic mass is 10.0. The Kier molecular flexibility index (Phi) is 10.00. The number of carbonyl (C=O) groups excluding carboxylic acids is 2. The van der Waals surface area contributed by atoms with E-state index in [1.807, 2.05) is 18.2 Å². The maximum absolute atomic E-state index is 12.6. The zero-order valence-corrected chi connectivity index (χ0v) is 16.6. The van der Waals surface area contributed by atoms with Crippen LogP contribution in [0.4, 0.5) is 4.79 Å². The van der Waals surface area contributed by atoms with Crippen molar-refractivity contribution in [2.24, 2.45) is 11.7 Å². The molecule has 29 heavy (non-hydrogen) atoms. The molecule has 10 heteroatoms. The Morgan fingerprint density at radius 1 is 1.17 bits per heavy atom. The second-order valence-corrected chi connectivity index (χ2v) is 6.81. The molecule has 160 valence electrons. The van der Waals surface area contributed by atoms with Crippen molar-refractivity contribution in [3.8, 4) is 0 Å². The first-order valence-corrected chi connectivity index (χ1v) is 9.29. The van der Waals surface area contributed by atoms with Crippen molar-refractivity contribution in [1.29, 1.82) is 5.41 Å². The fraction of sp³-hybridized carbons (Fsp3) is 0.474. The van der Waals surface area contributed by atoms with Gasteiger partial charge in [0, 0.05) is 6.54 Å². The Morgan fingerprint density at radius 2 is 1.83 bits per heavy atom. The molecule has 0 aliphatic heterocycles. The highest BCUT2D eigenvalue weighted by Crippen LogP contribution is 2.06. The molecular weight excluding hydrogens is 378 g/mol. The Morgan fingerprint density at radius 3 is 2.38 bits per heavy atom. The molecule has 2 atom stereocenters. The van der Waals surface area contributed by atoms with Gasteiger partial charge in [0.15, 0.2) is 5.96 Å². The van der Waals surface area contributed by atoms with Gasteiger partial charge >= 0.3 is 12.1 Å². The first kappa shape index (κ1) is 23.7. The summed E-state index contributed by atoms with van der Waals surface area (Å²) in [7, 11) is 0. The average molecular weight is 407 g/mol. The number of hydrogen-bond acceptors (Lipinski definition) is 5. The quantitative estimate of drug-likeness (QED) is 0.179. The van der Waals surface area contributed by atoms with Gasteiger partial charge in [-0.25, -0.2) is 9.59 Å². The first-order chi connectivity index (χ1) is 13.7. The number of carboxylic acids is 1. The number of hydrogen-bond donors (Lipinski definition) is 6. The lowest BCUT2D eigenvalue weighted by Gasteiger charge is -2.23. The third-order valence-corrected chi connectivity index (χ3v) is 4.04. The van der Waals surface area contributed by atoms with Crippen LogP contribution in [-0.2, 0) is 20.9 Å². The largest absolute Gasteiger partial charge is 0.480 e. The highest BCUT2D eigenvalue weighted by atomic mass is 16.5. The Labute approximate surface area is 169 Å². The highest BCUT2D eigenvalue weighted by molar-refractivity contribution is 5.89. The van der Waals surface area contributed by atoms with Gasteiger partial charge in [-0.2, -0.15) is 0 Å². The molecule has 0 radical (unpaired) electrons. The van der Waals surface area contributed by atoms with Gasteiger partial charge in [-0.3, -0.25) is 10.2 Å². The fourth-order valence-electron chi connectivity index (χ4n) is 2.47. The van der Waals surface area contributed by atoms with Crippen molar-refractivity contribution in [2.45, 2.75) is 45.4 Å². The van der Waals surface area contributed by atoms with Crippen LogP contribution >= 0.6 is 0 Å². The molecule has 0 fully saturated rings. The van der Waals surface area contributed by atoms with E-state index in [-0.39, 0.29) is 24.9 Å². The van der Waals surface area contributed by atoms with Gasteiger partial charge in [-0.05, 0) is 24.3 Å². The summed E-state index contributed by atoms with van der Waals surface area (Å²) >= 11 is 0. The number of carbonyl (C=O) groups is 3. The molecule has 0 unspecified atom stereocenters. The van der Waals surface area contributed by atoms with Gasteiger partial charge in [0.25, 0.3) is 0 Å². The summed E-state index contributed by atoms with van der Waals surface area (Å²) in [6, 6.07) is 6.98. The highest BCUT2D eigenvalue weighted by Gasteiger charge is 2.28. The third-order valence-electron chi connectivity index (χ3n) is 4.04. The van der Waals surface area contributed by atoms with Crippen LogP contribution in [0, 0.1) is 11.3 Å². The van der Waals surface area contributed by atoms with E-state index in [1.54, 1.807) is 26.0 Å². The second kappa shape index (κ2) is 12.2. The van der Waals surface area contributed by atoms with E-state index in [9.17, 15) is 19.5 Å². The van der Waals surface area contributed by atoms with E-state index in [0.29, 0.717) is 13.0 Å². The Balaban J connectivity index is 2.69. The summed E-state index contributed by atoms with van der Waals surface area (Å²) in [6.45, 7) is 3.71. The molecule has 1 aromatic carbocycles. The molecule has 7 N–H and O–H groups in total. The minimum Gasteiger partial charge on any atom is -0.480 e. The summed E-state index contributed by atoms with van der Waals surface area (Å²) in [4.78, 5) is 36.0. The van der Waals surface area contributed by atoms with Gasteiger partial charge in [-0.15, -0.1) is 0 Å². The van der Waals surface area contributed by atoms with E-state index >= 15 is 0 Å². The summed E-state index contributed by atoms with van der Waals surface area (Å²) in [5.41, 5.74) is 6.01. The lowest BCUT2D eigenvalue weighted by Crippen LogP contribution is -2.53. The third kappa shape index (κ3) is 9.45. The number of nitrogens with one attached hydrogen (secondary N) is 4. The molecule has 0 aliphatic carbocycles. The molecule has 10 nitrogen and oxygen atoms in total. The average Bonchev–Trinajstić information content (AvgIpc) is 2.66. The zero-order valence-electron chi connectivity index (χ0n) is 16.6. The topological polar surface area (TPSA) is 167 Å². The van der Waals surface area contributed by atoms with Crippen LogP contribution in [0.25, 0.3) is 0 Å². The van der Waals surface area contributed by atoms with Crippen molar-refractivity contribution >= 4 is 23.9 Å². The number of rotatable bonds is 11. The van der Waals surface area contributed by atoms with Gasteiger partial charge in [0.05, 0.1) is 0 Å². The summed E-state index contributed by atoms with van der Waals surface area (Å²) in [6.07, 6.45) is -0.169. The van der Waals surface area contributed by atoms with Gasteiger partial charge in [-0.1, -0.05) is 44.2 Å². The molecule has 0 aliphatic rings. The number of nitrogens with two attached hydrogens (primary N) is 1. The molecule has 0 saturated heterocycles. The predicted molar refractivity (Wildman–Crippen MR) is 107 cm³/mol. The van der Waals surface area contributed by atoms with Crippen LogP contribution in [-0.4, -0.2) is 47.7 Å². The molecule has 0 saturated carbocycles. The zero-order chi connectivity index (χ0) is 21.8. The lowest BCUT2D eigenvalue weighted by molar-refractivity contribution is -0.143. The van der Waals surface area contributed by atoms with Crippen molar-refractivity contribution in [1.82, 2.24) is 16.0 Å². The second-order valence-electron chi connectivity index (χ2n) is 6.81. The number of alkyl carbamates (subject to hydrolysis) is 1. The van der Waals surface area contributed by atoms with Crippen LogP contribution < -0.4 is 21.7 Å². The molecule has 0 bridgehead atoms. The van der Waals surface area contributed by atoms with E-state index < -0.39 is 30.1 Å². The van der Waals surface area contributed by atoms with E-state index in [2.05, 4.69) is 16.0 Å². The van der Waals surface area contributed by atoms with Crippen LogP contribution in [0.3, 0.4) is 0 Å². The number of amides is 2. The van der Waals surface area contributed by atoms with Crippen LogP contribution in [0.5, 0.6) is 0 Å². The number of carboxylic acid groups (broad SMARTS) is 1. The molecule has 1 aromatic rings. The number of benzene rings is 1. The molecule has 0 spiro atoms. The monoisotopic (exact) mass is 407 g/mol. The van der Waals surface area contributed by atoms with Crippen LogP contribution in [0.1, 0.15) is 32.3 Å². The first-order valence-electron chi connectivity index (χ1n) is 9.29. The minimum atomic E-state index is -1.16. The van der Waals surface area contributed by atoms with E-state index in [0.717, 1.165) is 5.56 Å². The number of aliphatic carboxylic acids is 1. The molecule has 0 aromatic heterocycles. The normalized spacial score (nSPS) is 12.5. The molecule has 1 rings (SSSR count). The molecule has 2 amide bonds. The smallest absolute Gasteiger partial charge is 0.408 e. The fourth-order valence-corrected chi connectivity index (χ4v) is 2.47.